The van der Waals surface area contributed by atoms with Crippen molar-refractivity contribution in [2.75, 3.05) is 6.54 Å². The van der Waals surface area contributed by atoms with Crippen LogP contribution < -0.4 is 5.69 Å². The third-order valence-electron chi connectivity index (χ3n) is 4.83. The van der Waals surface area contributed by atoms with Crippen LogP contribution in [0.25, 0.3) is 11.0 Å². The maximum absolute atomic E-state index is 13.5. The normalized spacial score (nSPS) is 18.0. The summed E-state index contributed by atoms with van der Waals surface area (Å²) in [7, 11) is -3.73. The van der Waals surface area contributed by atoms with Crippen molar-refractivity contribution in [2.45, 2.75) is 17.4 Å². The molecule has 6 nitrogen and oxygen atoms in total. The maximum Gasteiger partial charge on any atom is 0.323 e. The number of thiophene rings is 2. The molecule has 0 saturated carbocycles. The highest BCUT2D eigenvalue weighted by molar-refractivity contribution is 7.89. The van der Waals surface area contributed by atoms with Gasteiger partial charge >= 0.3 is 5.69 Å². The Morgan fingerprint density at radius 1 is 1.04 bits per heavy atom. The molecule has 5 rings (SSSR count). The minimum Gasteiger partial charge on any atom is -0.306 e. The highest BCUT2D eigenvalue weighted by atomic mass is 32.2. The number of aromatic amines is 2. The summed E-state index contributed by atoms with van der Waals surface area (Å²) >= 11 is 3.24. The Bertz CT molecular complexity index is 1280. The van der Waals surface area contributed by atoms with Crippen molar-refractivity contribution >= 4 is 43.7 Å². The van der Waals surface area contributed by atoms with Gasteiger partial charge in [0, 0.05) is 16.3 Å². The van der Waals surface area contributed by atoms with Crippen LogP contribution >= 0.6 is 22.7 Å². The van der Waals surface area contributed by atoms with Crippen molar-refractivity contribution in [3.8, 4) is 0 Å². The lowest BCUT2D eigenvalue weighted by molar-refractivity contribution is 0.350. The third kappa shape index (κ3) is 2.69. The summed E-state index contributed by atoms with van der Waals surface area (Å²) < 4.78 is 28.6. The van der Waals surface area contributed by atoms with Crippen LogP contribution in [0.5, 0.6) is 0 Å². The number of rotatable bonds is 3. The van der Waals surface area contributed by atoms with Crippen molar-refractivity contribution in [3.05, 3.63) is 73.0 Å². The van der Waals surface area contributed by atoms with Crippen LogP contribution in [0.4, 0.5) is 0 Å². The van der Waals surface area contributed by atoms with Gasteiger partial charge in [-0.3, -0.25) is 0 Å². The van der Waals surface area contributed by atoms with Gasteiger partial charge in [-0.2, -0.15) is 4.31 Å². The second-order valence-corrected chi connectivity index (χ2v) is 10.2. The molecule has 9 heteroatoms. The number of nitrogens with zero attached hydrogens (tertiary/aromatic N) is 1. The van der Waals surface area contributed by atoms with Crippen LogP contribution in [0.2, 0.25) is 0 Å². The van der Waals surface area contributed by atoms with Gasteiger partial charge < -0.3 is 9.97 Å². The fourth-order valence-electron chi connectivity index (χ4n) is 3.60. The number of aromatic nitrogens is 2. The fourth-order valence-corrected chi connectivity index (χ4v) is 7.04. The van der Waals surface area contributed by atoms with Crippen molar-refractivity contribution in [2.24, 2.45) is 0 Å². The number of imidazole rings is 1. The van der Waals surface area contributed by atoms with Gasteiger partial charge in [0.15, 0.2) is 0 Å². The average molecular weight is 418 g/mol. The zero-order valence-electron chi connectivity index (χ0n) is 14.0. The van der Waals surface area contributed by atoms with Crippen LogP contribution in [0.15, 0.2) is 56.8 Å². The highest BCUT2D eigenvalue weighted by Crippen LogP contribution is 2.42. The van der Waals surface area contributed by atoms with Gasteiger partial charge in [-0.05, 0) is 53.1 Å². The lowest BCUT2D eigenvalue weighted by atomic mass is 10.0. The number of benzene rings is 1. The standard InChI is InChI=1S/C18H15N3O3S3/c22-18-19-13-4-3-11(10-14(13)20-18)27(23,24)21-7-5-15-12(6-9-26-15)17(21)16-2-1-8-25-16/h1-4,6,8-10,17H,5,7H2,(H2,19,20,22). The summed E-state index contributed by atoms with van der Waals surface area (Å²) in [5.41, 5.74) is 1.79. The molecule has 4 aromatic rings. The molecule has 2 N–H and O–H groups in total. The van der Waals surface area contributed by atoms with Crippen LogP contribution in [-0.2, 0) is 16.4 Å². The van der Waals surface area contributed by atoms with Gasteiger partial charge in [0.1, 0.15) is 0 Å². The van der Waals surface area contributed by atoms with Crippen LogP contribution in [0.1, 0.15) is 21.4 Å². The smallest absolute Gasteiger partial charge is 0.306 e. The first-order chi connectivity index (χ1) is 13.0. The molecule has 4 heterocycles. The lowest BCUT2D eigenvalue weighted by Gasteiger charge is -2.34. The van der Waals surface area contributed by atoms with Gasteiger partial charge in [-0.15, -0.1) is 22.7 Å². The molecule has 0 amide bonds. The predicted octanol–water partition coefficient (Wildman–Crippen LogP) is 3.32. The Kier molecular flexibility index (Phi) is 3.87. The van der Waals surface area contributed by atoms with E-state index in [1.165, 1.54) is 10.9 Å². The Morgan fingerprint density at radius 3 is 2.70 bits per heavy atom. The summed E-state index contributed by atoms with van der Waals surface area (Å²) in [5.74, 6) is 0. The maximum atomic E-state index is 13.5. The molecular weight excluding hydrogens is 402 g/mol. The summed E-state index contributed by atoms with van der Waals surface area (Å²) in [6.07, 6.45) is 0.706. The van der Waals surface area contributed by atoms with Gasteiger partial charge in [0.2, 0.25) is 10.0 Å². The van der Waals surface area contributed by atoms with E-state index in [2.05, 4.69) is 9.97 Å². The molecule has 3 aromatic heterocycles. The van der Waals surface area contributed by atoms with Crippen LogP contribution in [0, 0.1) is 0 Å². The van der Waals surface area contributed by atoms with Crippen molar-refractivity contribution in [1.29, 1.82) is 0 Å². The zero-order chi connectivity index (χ0) is 18.6. The van der Waals surface area contributed by atoms with E-state index in [-0.39, 0.29) is 16.6 Å². The SMILES string of the molecule is O=c1[nH]c2ccc(S(=O)(=O)N3CCc4sccc4C3c3cccs3)cc2[nH]1. The van der Waals surface area contributed by atoms with Crippen LogP contribution in [0.3, 0.4) is 0 Å². The number of fused-ring (bicyclic) bond motifs is 2. The van der Waals surface area contributed by atoms with Crippen molar-refractivity contribution in [1.82, 2.24) is 14.3 Å². The Morgan fingerprint density at radius 2 is 1.89 bits per heavy atom. The molecule has 0 spiro atoms. The predicted molar refractivity (Wildman–Crippen MR) is 107 cm³/mol. The van der Waals surface area contributed by atoms with E-state index in [1.54, 1.807) is 39.1 Å². The number of sulfonamides is 1. The van der Waals surface area contributed by atoms with E-state index in [4.69, 9.17) is 0 Å². The molecule has 0 bridgehead atoms. The second-order valence-electron chi connectivity index (χ2n) is 6.37. The molecule has 1 atom stereocenters. The lowest BCUT2D eigenvalue weighted by Crippen LogP contribution is -2.39. The third-order valence-corrected chi connectivity index (χ3v) is 8.61. The molecule has 138 valence electrons. The van der Waals surface area contributed by atoms with Gasteiger partial charge in [0.25, 0.3) is 0 Å². The van der Waals surface area contributed by atoms with E-state index in [1.807, 2.05) is 29.0 Å². The molecule has 0 saturated heterocycles. The summed E-state index contributed by atoms with van der Waals surface area (Å²) in [4.78, 5) is 19.2. The minimum atomic E-state index is -3.73. The molecule has 1 unspecified atom stereocenters. The van der Waals surface area contributed by atoms with E-state index in [0.717, 1.165) is 10.4 Å². The van der Waals surface area contributed by atoms with Crippen molar-refractivity contribution in [3.63, 3.8) is 0 Å². The molecule has 1 aliphatic heterocycles. The largest absolute Gasteiger partial charge is 0.323 e. The molecule has 1 aliphatic rings. The topological polar surface area (TPSA) is 86.0 Å². The quantitative estimate of drug-likeness (QED) is 0.536. The monoisotopic (exact) mass is 417 g/mol. The van der Waals surface area contributed by atoms with Gasteiger partial charge in [-0.1, -0.05) is 6.07 Å². The Hall–Kier alpha value is -2.20. The van der Waals surface area contributed by atoms with E-state index in [0.29, 0.717) is 24.0 Å². The van der Waals surface area contributed by atoms with E-state index < -0.39 is 10.0 Å². The molecule has 1 aromatic carbocycles. The first kappa shape index (κ1) is 16.9. The molecule has 0 fully saturated rings. The first-order valence-electron chi connectivity index (χ1n) is 8.37. The highest BCUT2D eigenvalue weighted by Gasteiger charge is 2.38. The minimum absolute atomic E-state index is 0.186. The molecular formula is C18H15N3O3S3. The first-order valence-corrected chi connectivity index (χ1v) is 11.6. The molecule has 0 aliphatic carbocycles. The molecule has 0 radical (unpaired) electrons. The zero-order valence-corrected chi connectivity index (χ0v) is 16.5. The van der Waals surface area contributed by atoms with E-state index >= 15 is 0 Å². The fraction of sp³-hybridized carbons (Fsp3) is 0.167. The summed E-state index contributed by atoms with van der Waals surface area (Å²) in [6, 6.07) is 10.3. The second kappa shape index (κ2) is 6.16. The number of hydrogen-bond acceptors (Lipinski definition) is 5. The Balaban J connectivity index is 1.65. The van der Waals surface area contributed by atoms with Crippen LogP contribution in [-0.4, -0.2) is 29.2 Å². The summed E-state index contributed by atoms with van der Waals surface area (Å²) in [5, 5.41) is 4.00. The number of H-pyrrole nitrogens is 2. The molecule has 27 heavy (non-hydrogen) atoms. The number of nitrogens with one attached hydrogen (secondary N) is 2. The van der Waals surface area contributed by atoms with Gasteiger partial charge in [0.05, 0.1) is 22.0 Å². The van der Waals surface area contributed by atoms with Crippen molar-refractivity contribution < 1.29 is 8.42 Å². The average Bonchev–Trinajstić information content (AvgIpc) is 3.39. The van der Waals surface area contributed by atoms with E-state index in [9.17, 15) is 13.2 Å². The summed E-state index contributed by atoms with van der Waals surface area (Å²) in [6.45, 7) is 0.431. The Labute approximate surface area is 163 Å². The van der Waals surface area contributed by atoms with Gasteiger partial charge in [-0.25, -0.2) is 13.2 Å². The number of hydrogen-bond donors (Lipinski definition) is 2.